The van der Waals surface area contributed by atoms with Gasteiger partial charge in [-0.15, -0.1) is 0 Å². The van der Waals surface area contributed by atoms with Gasteiger partial charge in [0, 0.05) is 16.4 Å². The van der Waals surface area contributed by atoms with Gasteiger partial charge in [0.2, 0.25) is 5.91 Å². The molecule has 2 N–H and O–H groups in total. The van der Waals surface area contributed by atoms with E-state index < -0.39 is 0 Å². The van der Waals surface area contributed by atoms with E-state index in [2.05, 4.69) is 31.4 Å². The van der Waals surface area contributed by atoms with E-state index in [0.29, 0.717) is 6.42 Å². The number of halogens is 1. The van der Waals surface area contributed by atoms with Gasteiger partial charge in [-0.05, 0) is 41.5 Å². The lowest BCUT2D eigenvalue weighted by molar-refractivity contribution is -0.115. The van der Waals surface area contributed by atoms with Crippen molar-refractivity contribution in [1.29, 1.82) is 0 Å². The van der Waals surface area contributed by atoms with E-state index in [1.165, 1.54) is 0 Å². The predicted molar refractivity (Wildman–Crippen MR) is 90.5 cm³/mol. The highest BCUT2D eigenvalue weighted by Gasteiger charge is 2.05. The monoisotopic (exact) mass is 355 g/mol. The molecular weight excluding hydrogens is 342 g/mol. The third-order valence-corrected chi connectivity index (χ3v) is 3.79. The molecule has 0 unspecified atom stereocenters. The van der Waals surface area contributed by atoms with Crippen LogP contribution in [0.25, 0.3) is 11.3 Å². The summed E-state index contributed by atoms with van der Waals surface area (Å²) >= 11 is 3.38. The van der Waals surface area contributed by atoms with Crippen LogP contribution in [0.1, 0.15) is 5.56 Å². The molecule has 0 aliphatic carbocycles. The van der Waals surface area contributed by atoms with Gasteiger partial charge >= 0.3 is 0 Å². The van der Waals surface area contributed by atoms with E-state index in [9.17, 15) is 4.79 Å². The van der Waals surface area contributed by atoms with Crippen molar-refractivity contribution < 1.29 is 4.79 Å². The van der Waals surface area contributed by atoms with Crippen molar-refractivity contribution >= 4 is 27.5 Å². The van der Waals surface area contributed by atoms with Crippen LogP contribution >= 0.6 is 15.9 Å². The van der Waals surface area contributed by atoms with Gasteiger partial charge in [0.15, 0.2) is 0 Å². The minimum atomic E-state index is -0.0309. The lowest BCUT2D eigenvalue weighted by atomic mass is 10.1. The highest BCUT2D eigenvalue weighted by Crippen LogP contribution is 2.19. The number of aromatic amines is 1. The quantitative estimate of drug-likeness (QED) is 0.742. The van der Waals surface area contributed by atoms with Gasteiger partial charge in [-0.2, -0.15) is 5.10 Å². The molecule has 0 atom stereocenters. The number of nitrogens with one attached hydrogen (secondary N) is 2. The van der Waals surface area contributed by atoms with Crippen molar-refractivity contribution in [2.24, 2.45) is 0 Å². The third-order valence-electron chi connectivity index (χ3n) is 3.26. The van der Waals surface area contributed by atoms with E-state index >= 15 is 0 Å². The number of amides is 1. The van der Waals surface area contributed by atoms with Crippen molar-refractivity contribution in [3.05, 3.63) is 70.8 Å². The number of benzene rings is 2. The molecule has 5 heteroatoms. The zero-order valence-corrected chi connectivity index (χ0v) is 13.3. The molecule has 0 bridgehead atoms. The molecule has 2 aromatic carbocycles. The first-order valence-corrected chi connectivity index (χ1v) is 7.64. The van der Waals surface area contributed by atoms with Gasteiger partial charge in [-0.3, -0.25) is 9.89 Å². The number of hydrogen-bond acceptors (Lipinski definition) is 2. The van der Waals surface area contributed by atoms with Gasteiger partial charge in [-0.25, -0.2) is 0 Å². The molecule has 22 heavy (non-hydrogen) atoms. The summed E-state index contributed by atoms with van der Waals surface area (Å²) in [4.78, 5) is 12.0. The van der Waals surface area contributed by atoms with Gasteiger partial charge in [0.25, 0.3) is 0 Å². The summed E-state index contributed by atoms with van der Waals surface area (Å²) in [6.45, 7) is 0. The van der Waals surface area contributed by atoms with Crippen LogP contribution in [0.2, 0.25) is 0 Å². The fourth-order valence-electron chi connectivity index (χ4n) is 2.14. The van der Waals surface area contributed by atoms with E-state index in [1.54, 1.807) is 6.20 Å². The molecule has 0 radical (unpaired) electrons. The second-order valence-electron chi connectivity index (χ2n) is 4.90. The van der Waals surface area contributed by atoms with Crippen LogP contribution < -0.4 is 5.32 Å². The number of anilines is 1. The number of nitrogens with zero attached hydrogens (tertiary/aromatic N) is 1. The topological polar surface area (TPSA) is 57.8 Å². The van der Waals surface area contributed by atoms with Crippen molar-refractivity contribution in [2.75, 3.05) is 5.32 Å². The largest absolute Gasteiger partial charge is 0.326 e. The molecule has 0 fully saturated rings. The zero-order chi connectivity index (χ0) is 15.4. The number of hydrogen-bond donors (Lipinski definition) is 2. The lowest BCUT2D eigenvalue weighted by Crippen LogP contribution is -2.14. The summed E-state index contributed by atoms with van der Waals surface area (Å²) in [5.74, 6) is -0.0309. The van der Waals surface area contributed by atoms with E-state index in [1.807, 2.05) is 54.6 Å². The second kappa shape index (κ2) is 6.58. The molecule has 1 amide bonds. The maximum atomic E-state index is 12.0. The standard InChI is InChI=1S/C17H14BrN3O/c18-14-5-1-12(2-6-14)11-17(22)20-15-7-3-13(4-8-15)16-9-10-19-21-16/h1-10H,11H2,(H,19,21)(H,20,22). The lowest BCUT2D eigenvalue weighted by Gasteiger charge is -2.06. The molecule has 4 nitrogen and oxygen atoms in total. The summed E-state index contributed by atoms with van der Waals surface area (Å²) in [7, 11) is 0. The summed E-state index contributed by atoms with van der Waals surface area (Å²) < 4.78 is 1.01. The summed E-state index contributed by atoms with van der Waals surface area (Å²) in [6.07, 6.45) is 2.07. The summed E-state index contributed by atoms with van der Waals surface area (Å²) in [5, 5.41) is 9.74. The fourth-order valence-corrected chi connectivity index (χ4v) is 2.41. The molecule has 0 spiro atoms. The maximum Gasteiger partial charge on any atom is 0.228 e. The SMILES string of the molecule is O=C(Cc1ccc(Br)cc1)Nc1ccc(-c2ccn[nH]2)cc1. The highest BCUT2D eigenvalue weighted by molar-refractivity contribution is 9.10. The number of rotatable bonds is 4. The van der Waals surface area contributed by atoms with Crippen LogP contribution in [-0.2, 0) is 11.2 Å². The maximum absolute atomic E-state index is 12.0. The van der Waals surface area contributed by atoms with Crippen molar-refractivity contribution in [1.82, 2.24) is 10.2 Å². The molecule has 0 aliphatic rings. The number of aromatic nitrogens is 2. The second-order valence-corrected chi connectivity index (χ2v) is 5.81. The Kier molecular flexibility index (Phi) is 4.34. The van der Waals surface area contributed by atoms with E-state index in [-0.39, 0.29) is 5.91 Å². The number of H-pyrrole nitrogens is 1. The average Bonchev–Trinajstić information content (AvgIpc) is 3.05. The van der Waals surface area contributed by atoms with Gasteiger partial charge in [-0.1, -0.05) is 40.2 Å². The summed E-state index contributed by atoms with van der Waals surface area (Å²) in [5.41, 5.74) is 3.75. The minimum Gasteiger partial charge on any atom is -0.326 e. The third kappa shape index (κ3) is 3.62. The Morgan fingerprint density at radius 3 is 2.41 bits per heavy atom. The van der Waals surface area contributed by atoms with Crippen LogP contribution in [0.15, 0.2) is 65.3 Å². The smallest absolute Gasteiger partial charge is 0.228 e. The molecule has 0 aliphatic heterocycles. The molecule has 3 aromatic rings. The van der Waals surface area contributed by atoms with Gasteiger partial charge in [0.05, 0.1) is 12.1 Å². The van der Waals surface area contributed by atoms with Crippen molar-refractivity contribution in [3.63, 3.8) is 0 Å². The summed E-state index contributed by atoms with van der Waals surface area (Å²) in [6, 6.07) is 17.3. The molecule has 1 aromatic heterocycles. The van der Waals surface area contributed by atoms with Crippen molar-refractivity contribution in [2.45, 2.75) is 6.42 Å². The first-order chi connectivity index (χ1) is 10.7. The minimum absolute atomic E-state index is 0.0309. The van der Waals surface area contributed by atoms with Crippen LogP contribution in [0.5, 0.6) is 0 Å². The predicted octanol–water partition coefficient (Wildman–Crippen LogP) is 4.02. The van der Waals surface area contributed by atoms with Crippen molar-refractivity contribution in [3.8, 4) is 11.3 Å². The number of carbonyl (C=O) groups is 1. The van der Waals surface area contributed by atoms with E-state index in [4.69, 9.17) is 0 Å². The molecular formula is C17H14BrN3O. The molecule has 0 saturated carbocycles. The van der Waals surface area contributed by atoms with Crippen LogP contribution in [0.3, 0.4) is 0 Å². The van der Waals surface area contributed by atoms with Gasteiger partial charge < -0.3 is 5.32 Å². The Hall–Kier alpha value is -2.40. The Balaban J connectivity index is 1.63. The first-order valence-electron chi connectivity index (χ1n) is 6.85. The Morgan fingerprint density at radius 1 is 1.05 bits per heavy atom. The molecule has 3 rings (SSSR count). The fraction of sp³-hybridized carbons (Fsp3) is 0.0588. The van der Waals surface area contributed by atoms with Crippen LogP contribution in [0.4, 0.5) is 5.69 Å². The number of carbonyl (C=O) groups excluding carboxylic acids is 1. The first kappa shape index (κ1) is 14.5. The van der Waals surface area contributed by atoms with Gasteiger partial charge in [0.1, 0.15) is 0 Å². The van der Waals surface area contributed by atoms with E-state index in [0.717, 1.165) is 27.0 Å². The van der Waals surface area contributed by atoms with Crippen LogP contribution in [0, 0.1) is 0 Å². The zero-order valence-electron chi connectivity index (χ0n) is 11.7. The Bertz CT molecular complexity index is 750. The molecule has 1 heterocycles. The highest BCUT2D eigenvalue weighted by atomic mass is 79.9. The van der Waals surface area contributed by atoms with Crippen LogP contribution in [-0.4, -0.2) is 16.1 Å². The molecule has 0 saturated heterocycles. The molecule has 110 valence electrons. The Morgan fingerprint density at radius 2 is 1.77 bits per heavy atom. The normalized spacial score (nSPS) is 10.4. The average molecular weight is 356 g/mol. The Labute approximate surface area is 136 Å².